The van der Waals surface area contributed by atoms with Gasteiger partial charge in [0.25, 0.3) is 5.91 Å². The van der Waals surface area contributed by atoms with Crippen LogP contribution in [0.25, 0.3) is 10.9 Å². The number of urea groups is 1. The fourth-order valence-electron chi connectivity index (χ4n) is 5.62. The van der Waals surface area contributed by atoms with Gasteiger partial charge in [0.05, 0.1) is 12.8 Å². The summed E-state index contributed by atoms with van der Waals surface area (Å²) in [6, 6.07) is 14.1. The van der Waals surface area contributed by atoms with Gasteiger partial charge in [-0.2, -0.15) is 0 Å². The summed E-state index contributed by atoms with van der Waals surface area (Å²) in [6.45, 7) is 6.41. The Bertz CT molecular complexity index is 1350. The number of carbonyl (C=O) groups excluding carboxylic acids is 3. The van der Waals surface area contributed by atoms with Crippen molar-refractivity contribution in [2.24, 2.45) is 5.92 Å². The molecule has 0 spiro atoms. The Morgan fingerprint density at radius 2 is 1.86 bits per heavy atom. The molecular formula is C28H32N4O4. The van der Waals surface area contributed by atoms with Crippen LogP contribution in [0.4, 0.5) is 4.79 Å². The van der Waals surface area contributed by atoms with Gasteiger partial charge in [-0.25, -0.2) is 9.69 Å². The number of imide groups is 1. The molecule has 2 atom stereocenters. The number of rotatable bonds is 7. The molecular weight excluding hydrogens is 456 g/mol. The quantitative estimate of drug-likeness (QED) is 0.493. The number of aromatic nitrogens is 1. The third kappa shape index (κ3) is 3.63. The second-order valence-corrected chi connectivity index (χ2v) is 10.1. The lowest BCUT2D eigenvalue weighted by Gasteiger charge is -2.36. The van der Waals surface area contributed by atoms with Crippen molar-refractivity contribution in [3.63, 3.8) is 0 Å². The molecule has 8 heteroatoms. The molecule has 0 bridgehead atoms. The number of H-pyrrole nitrogens is 1. The van der Waals surface area contributed by atoms with Crippen molar-refractivity contribution in [3.8, 4) is 5.75 Å². The highest BCUT2D eigenvalue weighted by molar-refractivity contribution is 6.11. The molecule has 2 N–H and O–H groups in total. The molecule has 4 amide bonds. The van der Waals surface area contributed by atoms with Crippen LogP contribution in [0.15, 0.2) is 48.5 Å². The van der Waals surface area contributed by atoms with Crippen molar-refractivity contribution in [1.29, 1.82) is 0 Å². The first-order chi connectivity index (χ1) is 17.3. The van der Waals surface area contributed by atoms with Gasteiger partial charge < -0.3 is 19.9 Å². The smallest absolute Gasteiger partial charge is 0.328 e. The maximum absolute atomic E-state index is 14.1. The molecule has 1 aromatic heterocycles. The van der Waals surface area contributed by atoms with E-state index in [1.165, 1.54) is 4.90 Å². The number of amides is 4. The van der Waals surface area contributed by atoms with Gasteiger partial charge >= 0.3 is 6.03 Å². The maximum Gasteiger partial charge on any atom is 0.328 e. The SMILES string of the molecule is COc1ccccc1CNC(=O)[C@H](CC(C)C)N1C(=O)N2CCc3c([nH]c4ccccc34)[C@@]2(C)C1=O. The van der Waals surface area contributed by atoms with Crippen LogP contribution in [0, 0.1) is 5.92 Å². The van der Waals surface area contributed by atoms with Crippen molar-refractivity contribution in [2.75, 3.05) is 13.7 Å². The van der Waals surface area contributed by atoms with Crippen LogP contribution in [-0.2, 0) is 28.1 Å². The maximum atomic E-state index is 14.1. The minimum absolute atomic E-state index is 0.0988. The third-order valence-corrected chi connectivity index (χ3v) is 7.45. The van der Waals surface area contributed by atoms with E-state index in [0.29, 0.717) is 25.1 Å². The van der Waals surface area contributed by atoms with Gasteiger partial charge in [-0.05, 0) is 43.4 Å². The summed E-state index contributed by atoms with van der Waals surface area (Å²) in [6.07, 6.45) is 1.02. The number of carbonyl (C=O) groups is 3. The first kappa shape index (κ1) is 23.9. The van der Waals surface area contributed by atoms with E-state index in [9.17, 15) is 14.4 Å². The van der Waals surface area contributed by atoms with Crippen LogP contribution < -0.4 is 10.1 Å². The molecule has 2 aliphatic heterocycles. The minimum Gasteiger partial charge on any atom is -0.496 e. The summed E-state index contributed by atoms with van der Waals surface area (Å²) in [7, 11) is 1.58. The summed E-state index contributed by atoms with van der Waals surface area (Å²) in [5.41, 5.74) is 2.39. The molecule has 0 radical (unpaired) electrons. The monoisotopic (exact) mass is 488 g/mol. The molecule has 3 heterocycles. The molecule has 1 saturated heterocycles. The van der Waals surface area contributed by atoms with E-state index >= 15 is 0 Å². The molecule has 2 aromatic carbocycles. The number of aromatic amines is 1. The first-order valence-electron chi connectivity index (χ1n) is 12.4. The van der Waals surface area contributed by atoms with Crippen LogP contribution >= 0.6 is 0 Å². The van der Waals surface area contributed by atoms with Crippen molar-refractivity contribution in [2.45, 2.75) is 51.7 Å². The Hall–Kier alpha value is -3.81. The summed E-state index contributed by atoms with van der Waals surface area (Å²) in [4.78, 5) is 47.5. The molecule has 5 rings (SSSR count). The van der Waals surface area contributed by atoms with E-state index in [2.05, 4.69) is 10.3 Å². The van der Waals surface area contributed by atoms with E-state index in [0.717, 1.165) is 27.7 Å². The first-order valence-corrected chi connectivity index (χ1v) is 12.4. The molecule has 188 valence electrons. The predicted molar refractivity (Wildman–Crippen MR) is 136 cm³/mol. The molecule has 36 heavy (non-hydrogen) atoms. The van der Waals surface area contributed by atoms with E-state index in [1.807, 2.05) is 62.4 Å². The normalized spacial score (nSPS) is 20.0. The predicted octanol–water partition coefficient (Wildman–Crippen LogP) is 3.94. The average Bonchev–Trinajstić information content (AvgIpc) is 3.35. The largest absolute Gasteiger partial charge is 0.496 e. The molecule has 0 aliphatic carbocycles. The van der Waals surface area contributed by atoms with Crippen LogP contribution in [0.2, 0.25) is 0 Å². The van der Waals surface area contributed by atoms with Gasteiger partial charge in [-0.1, -0.05) is 50.2 Å². The number of methoxy groups -OCH3 is 1. The van der Waals surface area contributed by atoms with Crippen LogP contribution in [0.3, 0.4) is 0 Å². The number of ether oxygens (including phenoxy) is 1. The number of benzene rings is 2. The zero-order chi connectivity index (χ0) is 25.6. The van der Waals surface area contributed by atoms with E-state index in [-0.39, 0.29) is 24.3 Å². The molecule has 1 fully saturated rings. The Morgan fingerprint density at radius 1 is 1.14 bits per heavy atom. The Balaban J connectivity index is 1.47. The number of para-hydroxylation sites is 2. The van der Waals surface area contributed by atoms with Gasteiger partial charge in [0.15, 0.2) is 5.54 Å². The number of nitrogens with zero attached hydrogens (tertiary/aromatic N) is 2. The van der Waals surface area contributed by atoms with Gasteiger partial charge in [0, 0.05) is 29.6 Å². The lowest BCUT2D eigenvalue weighted by Crippen LogP contribution is -2.51. The lowest BCUT2D eigenvalue weighted by molar-refractivity contribution is -0.140. The van der Waals surface area contributed by atoms with Crippen molar-refractivity contribution >= 4 is 28.7 Å². The Morgan fingerprint density at radius 3 is 2.61 bits per heavy atom. The second kappa shape index (κ2) is 9.00. The minimum atomic E-state index is -1.18. The van der Waals surface area contributed by atoms with Gasteiger partial charge in [-0.3, -0.25) is 9.59 Å². The highest BCUT2D eigenvalue weighted by Gasteiger charge is 2.60. The zero-order valence-corrected chi connectivity index (χ0v) is 21.1. The van der Waals surface area contributed by atoms with Crippen molar-refractivity contribution < 1.29 is 19.1 Å². The number of nitrogens with one attached hydrogen (secondary N) is 2. The topological polar surface area (TPSA) is 94.7 Å². The number of fused-ring (bicyclic) bond motifs is 5. The lowest BCUT2D eigenvalue weighted by atomic mass is 9.87. The zero-order valence-electron chi connectivity index (χ0n) is 21.1. The van der Waals surface area contributed by atoms with Gasteiger partial charge in [0.1, 0.15) is 11.8 Å². The Labute approximate surface area is 210 Å². The molecule has 3 aromatic rings. The standard InChI is InChI=1S/C28H32N4O4/c1-17(2)15-22(25(33)29-16-18-9-5-8-12-23(18)36-4)32-26(34)28(3)24-20(13-14-31(28)27(32)35)19-10-6-7-11-21(19)30-24/h5-12,17,22,30H,13-16H2,1-4H3,(H,29,33)/t22-,28-/m0/s1. The third-order valence-electron chi connectivity index (χ3n) is 7.45. The number of hydrogen-bond donors (Lipinski definition) is 2. The van der Waals surface area contributed by atoms with E-state index in [4.69, 9.17) is 4.74 Å². The van der Waals surface area contributed by atoms with E-state index < -0.39 is 17.6 Å². The summed E-state index contributed by atoms with van der Waals surface area (Å²) in [5.74, 6) is 0.0546. The van der Waals surface area contributed by atoms with Gasteiger partial charge in [-0.15, -0.1) is 0 Å². The fraction of sp³-hybridized carbons (Fsp3) is 0.393. The Kier molecular flexibility index (Phi) is 5.98. The highest BCUT2D eigenvalue weighted by Crippen LogP contribution is 2.45. The van der Waals surface area contributed by atoms with Crippen LogP contribution in [0.1, 0.15) is 44.0 Å². The average molecular weight is 489 g/mol. The van der Waals surface area contributed by atoms with Crippen molar-refractivity contribution in [3.05, 3.63) is 65.4 Å². The summed E-state index contributed by atoms with van der Waals surface area (Å²) < 4.78 is 5.39. The van der Waals surface area contributed by atoms with Crippen LogP contribution in [-0.4, -0.2) is 52.3 Å². The molecule has 0 unspecified atom stereocenters. The summed E-state index contributed by atoms with van der Waals surface area (Å²) in [5, 5.41) is 4.01. The highest BCUT2D eigenvalue weighted by atomic mass is 16.5. The van der Waals surface area contributed by atoms with Gasteiger partial charge in [0.2, 0.25) is 5.91 Å². The molecule has 0 saturated carbocycles. The fourth-order valence-corrected chi connectivity index (χ4v) is 5.62. The van der Waals surface area contributed by atoms with Crippen molar-refractivity contribution in [1.82, 2.24) is 20.1 Å². The summed E-state index contributed by atoms with van der Waals surface area (Å²) >= 11 is 0. The second-order valence-electron chi connectivity index (χ2n) is 10.1. The van der Waals surface area contributed by atoms with E-state index in [1.54, 1.807) is 18.9 Å². The molecule has 8 nitrogen and oxygen atoms in total. The van der Waals surface area contributed by atoms with Crippen LogP contribution in [0.5, 0.6) is 5.75 Å². The molecule has 2 aliphatic rings. The number of hydrogen-bond acceptors (Lipinski definition) is 4.